The first-order chi connectivity index (χ1) is 20.6. The van der Waals surface area contributed by atoms with Crippen LogP contribution >= 0.6 is 24.0 Å². The van der Waals surface area contributed by atoms with Gasteiger partial charge in [-0.2, -0.15) is 0 Å². The summed E-state index contributed by atoms with van der Waals surface area (Å²) in [4.78, 5) is 12.4. The number of hydrogen-bond acceptors (Lipinski definition) is 8. The molecular weight excluding hydrogens is 585 g/mol. The van der Waals surface area contributed by atoms with Crippen molar-refractivity contribution in [3.8, 4) is 34.5 Å². The molecule has 1 aliphatic rings. The van der Waals surface area contributed by atoms with Gasteiger partial charge in [-0.1, -0.05) is 30.2 Å². The summed E-state index contributed by atoms with van der Waals surface area (Å²) < 4.78 is 18.4. The van der Waals surface area contributed by atoms with Gasteiger partial charge in [0.1, 0.15) is 24.2 Å². The van der Waals surface area contributed by atoms with E-state index in [0.717, 1.165) is 33.2 Å². The molecule has 5 rings (SSSR count). The van der Waals surface area contributed by atoms with E-state index < -0.39 is 23.3 Å². The number of thiophene rings is 1. The average Bonchev–Trinajstić information content (AvgIpc) is 3.29. The summed E-state index contributed by atoms with van der Waals surface area (Å²) in [5, 5.41) is 28.9. The predicted molar refractivity (Wildman–Crippen MR) is 171 cm³/mol. The zero-order valence-electron chi connectivity index (χ0n) is 24.2. The number of rotatable bonds is 9. The van der Waals surface area contributed by atoms with Gasteiger partial charge in [0, 0.05) is 26.9 Å². The third kappa shape index (κ3) is 7.01. The molecule has 2 heterocycles. The van der Waals surface area contributed by atoms with Crippen LogP contribution in [0.25, 0.3) is 21.2 Å². The fourth-order valence-corrected chi connectivity index (χ4v) is 6.67. The molecule has 224 valence electrons. The maximum atomic E-state index is 11.2. The topological polar surface area (TPSA) is 105 Å². The number of aryl methyl sites for hydroxylation is 2. The smallest absolute Gasteiger partial charge is 0.304 e. The molecule has 4 aromatic rings. The van der Waals surface area contributed by atoms with E-state index in [0.29, 0.717) is 24.5 Å². The summed E-state index contributed by atoms with van der Waals surface area (Å²) in [5.41, 5.74) is 5.16. The molecule has 43 heavy (non-hydrogen) atoms. The van der Waals surface area contributed by atoms with E-state index in [4.69, 9.17) is 14.2 Å². The van der Waals surface area contributed by atoms with Crippen LogP contribution in [0, 0.1) is 25.7 Å². The molecule has 0 aliphatic carbocycles. The lowest BCUT2D eigenvalue weighted by Gasteiger charge is -2.37. The highest BCUT2D eigenvalue weighted by Gasteiger charge is 2.43. The number of aliphatic hydroxyl groups is 2. The van der Waals surface area contributed by atoms with Crippen molar-refractivity contribution in [3.63, 3.8) is 0 Å². The maximum Gasteiger partial charge on any atom is 0.304 e. The van der Waals surface area contributed by atoms with E-state index in [2.05, 4.69) is 49.6 Å². The number of carbonyl (C=O) groups is 1. The minimum Gasteiger partial charge on any atom is -0.489 e. The fourth-order valence-electron chi connectivity index (χ4n) is 5.35. The number of benzene rings is 3. The number of carboxylic acid groups (broad SMARTS) is 1. The lowest BCUT2D eigenvalue weighted by Crippen LogP contribution is -2.53. The second-order valence-corrected chi connectivity index (χ2v) is 12.5. The number of ether oxygens (including phenoxy) is 3. The van der Waals surface area contributed by atoms with Crippen molar-refractivity contribution in [1.29, 1.82) is 0 Å². The van der Waals surface area contributed by atoms with Crippen molar-refractivity contribution in [2.45, 2.75) is 63.5 Å². The van der Waals surface area contributed by atoms with Crippen LogP contribution in [-0.2, 0) is 16.1 Å². The van der Waals surface area contributed by atoms with Gasteiger partial charge in [0.05, 0.1) is 18.9 Å². The molecule has 1 saturated heterocycles. The van der Waals surface area contributed by atoms with Gasteiger partial charge in [-0.15, -0.1) is 29.9 Å². The first kappa shape index (κ1) is 30.9. The molecular formula is C34H34O7S2. The molecule has 1 aromatic heterocycles. The first-order valence-corrected chi connectivity index (χ1v) is 15.3. The van der Waals surface area contributed by atoms with Crippen LogP contribution in [0.1, 0.15) is 47.3 Å². The van der Waals surface area contributed by atoms with Gasteiger partial charge in [0.2, 0.25) is 5.12 Å². The Kier molecular flexibility index (Phi) is 9.35. The molecule has 0 spiro atoms. The van der Waals surface area contributed by atoms with E-state index in [9.17, 15) is 20.1 Å². The second kappa shape index (κ2) is 13.0. The van der Waals surface area contributed by atoms with Crippen molar-refractivity contribution >= 4 is 40.0 Å². The third-order valence-corrected chi connectivity index (χ3v) is 9.00. The standard InChI is InChI=1S/C34H34O7S2/c1-4-5-24(18-31(35)36)23-7-9-25(10-8-23)39-19-22-6-13-30-28(17-22)32(21(3)43-30)27-12-11-26(16-20(27)2)41-29-14-15-40-34(38,42)33(29)37/h6-13,16-17,24,29,33,37-38,42H,14-15,18-19H2,1-3H3,(H,35,36)/t24-,29-,33-,34-/m0/s1. The van der Waals surface area contributed by atoms with Gasteiger partial charge in [-0.25, -0.2) is 0 Å². The first-order valence-electron chi connectivity index (χ1n) is 14.0. The molecule has 9 heteroatoms. The minimum absolute atomic E-state index is 0.0435. The highest BCUT2D eigenvalue weighted by molar-refractivity contribution is 7.81. The van der Waals surface area contributed by atoms with E-state index in [1.807, 2.05) is 49.4 Å². The quantitative estimate of drug-likeness (QED) is 0.0971. The number of carboxylic acids is 1. The number of aliphatic hydroxyl groups excluding tert-OH is 1. The Morgan fingerprint density at radius 2 is 1.88 bits per heavy atom. The maximum absolute atomic E-state index is 11.2. The zero-order valence-corrected chi connectivity index (χ0v) is 25.9. The third-order valence-electron chi connectivity index (χ3n) is 7.52. The summed E-state index contributed by atoms with van der Waals surface area (Å²) in [7, 11) is 0. The van der Waals surface area contributed by atoms with E-state index >= 15 is 0 Å². The van der Waals surface area contributed by atoms with Crippen molar-refractivity contribution in [2.75, 3.05) is 6.61 Å². The molecule has 4 atom stereocenters. The van der Waals surface area contributed by atoms with Crippen LogP contribution in [0.5, 0.6) is 11.5 Å². The fraction of sp³-hybridized carbons (Fsp3) is 0.324. The molecule has 0 amide bonds. The van der Waals surface area contributed by atoms with Crippen LogP contribution < -0.4 is 9.47 Å². The van der Waals surface area contributed by atoms with E-state index in [-0.39, 0.29) is 18.9 Å². The largest absolute Gasteiger partial charge is 0.489 e. The van der Waals surface area contributed by atoms with Crippen molar-refractivity contribution in [2.24, 2.45) is 0 Å². The summed E-state index contributed by atoms with van der Waals surface area (Å²) >= 11 is 5.75. The lowest BCUT2D eigenvalue weighted by atomic mass is 9.96. The molecule has 0 radical (unpaired) electrons. The Bertz CT molecular complexity index is 1680. The average molecular weight is 619 g/mol. The van der Waals surface area contributed by atoms with Crippen LogP contribution in [-0.4, -0.2) is 45.2 Å². The molecule has 0 saturated carbocycles. The minimum atomic E-state index is -1.94. The molecule has 0 unspecified atom stereocenters. The Morgan fingerprint density at radius 1 is 1.14 bits per heavy atom. The zero-order chi connectivity index (χ0) is 30.7. The summed E-state index contributed by atoms with van der Waals surface area (Å²) in [6.45, 7) is 6.48. The van der Waals surface area contributed by atoms with Gasteiger partial charge >= 0.3 is 5.97 Å². The molecule has 7 nitrogen and oxygen atoms in total. The van der Waals surface area contributed by atoms with Gasteiger partial charge in [0.25, 0.3) is 0 Å². The predicted octanol–water partition coefficient (Wildman–Crippen LogP) is 6.45. The second-order valence-electron chi connectivity index (χ2n) is 10.6. The van der Waals surface area contributed by atoms with Crippen molar-refractivity contribution < 1.29 is 34.3 Å². The Morgan fingerprint density at radius 3 is 2.58 bits per heavy atom. The SMILES string of the molecule is CC#C[C@@H](CC(=O)O)c1ccc(OCc2ccc3sc(C)c(-c4ccc(O[C@H]5CCO[C@](O)(S)[C@H]5O)cc4C)c3c2)cc1. The Hall–Kier alpha value is -3.52. The number of fused-ring (bicyclic) bond motifs is 1. The number of thiol groups is 1. The highest BCUT2D eigenvalue weighted by atomic mass is 32.1. The van der Waals surface area contributed by atoms with Gasteiger partial charge < -0.3 is 29.5 Å². The van der Waals surface area contributed by atoms with E-state index in [1.54, 1.807) is 18.3 Å². The van der Waals surface area contributed by atoms with Crippen LogP contribution in [0.15, 0.2) is 60.7 Å². The number of aliphatic carboxylic acids is 1. The van der Waals surface area contributed by atoms with Gasteiger partial charge in [-0.3, -0.25) is 4.79 Å². The number of hydrogen-bond donors (Lipinski definition) is 4. The van der Waals surface area contributed by atoms with Gasteiger partial charge in [-0.05, 0) is 79.4 Å². The Labute approximate surface area is 260 Å². The van der Waals surface area contributed by atoms with Crippen molar-refractivity contribution in [1.82, 2.24) is 0 Å². The molecule has 0 bridgehead atoms. The summed E-state index contributed by atoms with van der Waals surface area (Å²) in [5.74, 6) is 5.85. The highest BCUT2D eigenvalue weighted by Crippen LogP contribution is 2.41. The summed E-state index contributed by atoms with van der Waals surface area (Å²) in [6.07, 6.45) is -1.53. The lowest BCUT2D eigenvalue weighted by molar-refractivity contribution is -0.238. The van der Waals surface area contributed by atoms with Crippen LogP contribution in [0.3, 0.4) is 0 Å². The molecule has 1 fully saturated rings. The van der Waals surface area contributed by atoms with Crippen LogP contribution in [0.2, 0.25) is 0 Å². The Balaban J connectivity index is 1.33. The van der Waals surface area contributed by atoms with Crippen LogP contribution in [0.4, 0.5) is 0 Å². The normalized spacial score (nSPS) is 20.7. The molecule has 3 aromatic carbocycles. The van der Waals surface area contributed by atoms with E-state index in [1.165, 1.54) is 9.58 Å². The monoisotopic (exact) mass is 618 g/mol. The van der Waals surface area contributed by atoms with Gasteiger partial charge in [0.15, 0.2) is 6.10 Å². The molecule has 1 aliphatic heterocycles. The molecule has 3 N–H and O–H groups in total. The van der Waals surface area contributed by atoms with Crippen molar-refractivity contribution in [3.05, 3.63) is 82.2 Å². The summed E-state index contributed by atoms with van der Waals surface area (Å²) in [6, 6.07) is 19.7.